The maximum absolute atomic E-state index is 13.2. The van der Waals surface area contributed by atoms with Gasteiger partial charge in [-0.3, -0.25) is 9.59 Å². The molecule has 0 radical (unpaired) electrons. The zero-order chi connectivity index (χ0) is 22.8. The molecule has 1 N–H and O–H groups in total. The lowest BCUT2D eigenvalue weighted by Gasteiger charge is -2.31. The molecule has 0 aliphatic heterocycles. The molecule has 0 fully saturated rings. The lowest BCUT2D eigenvalue weighted by molar-refractivity contribution is -0.139. The van der Waals surface area contributed by atoms with Crippen LogP contribution in [0.4, 0.5) is 0 Å². The summed E-state index contributed by atoms with van der Waals surface area (Å²) in [5.74, 6) is 1.67. The van der Waals surface area contributed by atoms with Gasteiger partial charge in [0.2, 0.25) is 11.8 Å². The smallest absolute Gasteiger partial charge is 0.243 e. The van der Waals surface area contributed by atoms with E-state index >= 15 is 0 Å². The summed E-state index contributed by atoms with van der Waals surface area (Å²) in [7, 11) is 1.62. The minimum atomic E-state index is -0.513. The minimum Gasteiger partial charge on any atom is -0.497 e. The molecule has 0 aliphatic carbocycles. The van der Waals surface area contributed by atoms with Gasteiger partial charge in [0.05, 0.1) is 12.9 Å². The molecule has 168 valence electrons. The minimum absolute atomic E-state index is 0.0197. The van der Waals surface area contributed by atoms with Gasteiger partial charge in [-0.05, 0) is 50.5 Å². The van der Waals surface area contributed by atoms with E-state index in [1.807, 2.05) is 45.0 Å². The van der Waals surface area contributed by atoms with Crippen LogP contribution >= 0.6 is 11.8 Å². The van der Waals surface area contributed by atoms with Crippen LogP contribution in [0.15, 0.2) is 48.5 Å². The lowest BCUT2D eigenvalue weighted by atomic mass is 10.1. The molecule has 0 spiro atoms. The van der Waals surface area contributed by atoms with Gasteiger partial charge in [0.15, 0.2) is 0 Å². The zero-order valence-corrected chi connectivity index (χ0v) is 20.0. The first-order chi connectivity index (χ1) is 14.8. The van der Waals surface area contributed by atoms with E-state index in [2.05, 4.69) is 36.5 Å². The summed E-state index contributed by atoms with van der Waals surface area (Å²) in [5.41, 5.74) is 3.34. The summed E-state index contributed by atoms with van der Waals surface area (Å²) in [6.07, 6.45) is 0.552. The molecule has 0 aromatic heterocycles. The third kappa shape index (κ3) is 7.94. The first-order valence-corrected chi connectivity index (χ1v) is 11.9. The monoisotopic (exact) mass is 442 g/mol. The molecule has 2 aromatic carbocycles. The first-order valence-electron chi connectivity index (χ1n) is 10.7. The largest absolute Gasteiger partial charge is 0.497 e. The van der Waals surface area contributed by atoms with Gasteiger partial charge in [0, 0.05) is 18.3 Å². The predicted molar refractivity (Wildman–Crippen MR) is 128 cm³/mol. The van der Waals surface area contributed by atoms with Crippen molar-refractivity contribution in [3.63, 3.8) is 0 Å². The fourth-order valence-electron chi connectivity index (χ4n) is 3.29. The van der Waals surface area contributed by atoms with Crippen LogP contribution in [-0.4, -0.2) is 41.7 Å². The van der Waals surface area contributed by atoms with E-state index in [-0.39, 0.29) is 17.9 Å². The van der Waals surface area contributed by atoms with Crippen molar-refractivity contribution in [2.75, 3.05) is 12.9 Å². The normalized spacial score (nSPS) is 11.8. The Morgan fingerprint density at radius 3 is 2.42 bits per heavy atom. The maximum atomic E-state index is 13.2. The highest BCUT2D eigenvalue weighted by Crippen LogP contribution is 2.20. The molecule has 0 bridgehead atoms. The zero-order valence-electron chi connectivity index (χ0n) is 19.2. The summed E-state index contributed by atoms with van der Waals surface area (Å²) in [6, 6.07) is 15.5. The molecule has 0 saturated carbocycles. The second-order valence-corrected chi connectivity index (χ2v) is 8.92. The number of thioether (sulfide) groups is 1. The topological polar surface area (TPSA) is 58.6 Å². The van der Waals surface area contributed by atoms with Crippen LogP contribution in [0, 0.1) is 6.92 Å². The quantitative estimate of drug-likeness (QED) is 0.554. The summed E-state index contributed by atoms with van der Waals surface area (Å²) < 4.78 is 5.32. The van der Waals surface area contributed by atoms with Gasteiger partial charge in [-0.25, -0.2) is 0 Å². The molecule has 5 nitrogen and oxygen atoms in total. The molecule has 2 rings (SSSR count). The van der Waals surface area contributed by atoms with Crippen molar-refractivity contribution in [1.29, 1.82) is 0 Å². The van der Waals surface area contributed by atoms with Crippen LogP contribution in [0.1, 0.15) is 43.9 Å². The molecule has 0 saturated heterocycles. The molecular weight excluding hydrogens is 408 g/mol. The van der Waals surface area contributed by atoms with Crippen LogP contribution < -0.4 is 10.1 Å². The van der Waals surface area contributed by atoms with E-state index in [0.717, 1.165) is 17.1 Å². The van der Waals surface area contributed by atoms with Crippen molar-refractivity contribution < 1.29 is 14.3 Å². The van der Waals surface area contributed by atoms with Crippen molar-refractivity contribution in [2.45, 2.75) is 58.5 Å². The number of hydrogen-bond acceptors (Lipinski definition) is 4. The average Bonchev–Trinajstić information content (AvgIpc) is 2.74. The van der Waals surface area contributed by atoms with Gasteiger partial charge in [-0.1, -0.05) is 48.9 Å². The number of benzene rings is 2. The number of carbonyl (C=O) groups is 2. The van der Waals surface area contributed by atoms with Crippen LogP contribution in [0.25, 0.3) is 0 Å². The highest BCUT2D eigenvalue weighted by Gasteiger charge is 2.28. The average molecular weight is 443 g/mol. The highest BCUT2D eigenvalue weighted by atomic mass is 32.2. The van der Waals surface area contributed by atoms with E-state index in [9.17, 15) is 9.59 Å². The highest BCUT2D eigenvalue weighted by molar-refractivity contribution is 7.99. The van der Waals surface area contributed by atoms with Crippen molar-refractivity contribution in [3.8, 4) is 5.75 Å². The number of methoxy groups -OCH3 is 1. The molecule has 6 heteroatoms. The SMILES string of the molecule is CC[C@@H](C(=O)NC(C)C)N(Cc1cccc(OC)c1)C(=O)CSCc1ccc(C)cc1. The van der Waals surface area contributed by atoms with Crippen LogP contribution in [0.3, 0.4) is 0 Å². The summed E-state index contributed by atoms with van der Waals surface area (Å²) in [6.45, 7) is 8.22. The van der Waals surface area contributed by atoms with Crippen LogP contribution in [-0.2, 0) is 21.9 Å². The first kappa shape index (κ1) is 24.8. The van der Waals surface area contributed by atoms with Crippen molar-refractivity contribution in [1.82, 2.24) is 10.2 Å². The standard InChI is InChI=1S/C25H34N2O3S/c1-6-23(25(29)26-18(2)3)27(15-21-8-7-9-22(14-21)30-5)24(28)17-31-16-20-12-10-19(4)11-13-20/h7-14,18,23H,6,15-17H2,1-5H3,(H,26,29)/t23-/m0/s1. The molecule has 1 atom stereocenters. The van der Waals surface area contributed by atoms with E-state index in [1.54, 1.807) is 23.8 Å². The second-order valence-electron chi connectivity index (χ2n) is 7.94. The van der Waals surface area contributed by atoms with E-state index < -0.39 is 6.04 Å². The Balaban J connectivity index is 2.14. The van der Waals surface area contributed by atoms with Crippen molar-refractivity contribution >= 4 is 23.6 Å². The Morgan fingerprint density at radius 1 is 1.10 bits per heavy atom. The van der Waals surface area contributed by atoms with Crippen molar-refractivity contribution in [2.24, 2.45) is 0 Å². The molecule has 31 heavy (non-hydrogen) atoms. The Bertz CT molecular complexity index is 852. The maximum Gasteiger partial charge on any atom is 0.243 e. The van der Waals surface area contributed by atoms with Gasteiger partial charge in [-0.15, -0.1) is 11.8 Å². The Morgan fingerprint density at radius 2 is 1.81 bits per heavy atom. The number of nitrogens with one attached hydrogen (secondary N) is 1. The van der Waals surface area contributed by atoms with E-state index in [4.69, 9.17) is 4.74 Å². The number of nitrogens with zero attached hydrogens (tertiary/aromatic N) is 1. The van der Waals surface area contributed by atoms with Crippen LogP contribution in [0.2, 0.25) is 0 Å². The number of hydrogen-bond donors (Lipinski definition) is 1. The molecule has 0 unspecified atom stereocenters. The number of aryl methyl sites for hydroxylation is 1. The predicted octanol–water partition coefficient (Wildman–Crippen LogP) is 4.57. The Labute approximate surface area is 190 Å². The van der Waals surface area contributed by atoms with Gasteiger partial charge < -0.3 is 15.0 Å². The lowest BCUT2D eigenvalue weighted by Crippen LogP contribution is -2.50. The number of rotatable bonds is 11. The summed E-state index contributed by atoms with van der Waals surface area (Å²) in [4.78, 5) is 27.8. The number of carbonyl (C=O) groups excluding carboxylic acids is 2. The Kier molecular flexibility index (Phi) is 9.92. The molecule has 0 heterocycles. The van der Waals surface area contributed by atoms with Gasteiger partial charge in [0.1, 0.15) is 11.8 Å². The van der Waals surface area contributed by atoms with E-state index in [1.165, 1.54) is 11.1 Å². The van der Waals surface area contributed by atoms with Gasteiger partial charge in [-0.2, -0.15) is 0 Å². The fourth-order valence-corrected chi connectivity index (χ4v) is 4.16. The van der Waals surface area contributed by atoms with Gasteiger partial charge >= 0.3 is 0 Å². The molecular formula is C25H34N2O3S. The summed E-state index contributed by atoms with van der Waals surface area (Å²) in [5, 5.41) is 2.96. The van der Waals surface area contributed by atoms with Gasteiger partial charge in [0.25, 0.3) is 0 Å². The number of amides is 2. The van der Waals surface area contributed by atoms with Crippen molar-refractivity contribution in [3.05, 3.63) is 65.2 Å². The Hall–Kier alpha value is -2.47. The second kappa shape index (κ2) is 12.4. The molecule has 2 aromatic rings. The molecule has 2 amide bonds. The third-order valence-corrected chi connectivity index (χ3v) is 5.91. The fraction of sp³-hybridized carbons (Fsp3) is 0.440. The third-order valence-electron chi connectivity index (χ3n) is 4.92. The molecule has 0 aliphatic rings. The summed E-state index contributed by atoms with van der Waals surface area (Å²) >= 11 is 1.57. The van der Waals surface area contributed by atoms with Crippen LogP contribution in [0.5, 0.6) is 5.75 Å². The number of ether oxygens (including phenoxy) is 1. The van der Waals surface area contributed by atoms with E-state index in [0.29, 0.717) is 18.7 Å².